The van der Waals surface area contributed by atoms with E-state index in [9.17, 15) is 4.79 Å². The highest BCUT2D eigenvalue weighted by Crippen LogP contribution is 2.34. The van der Waals surface area contributed by atoms with Gasteiger partial charge in [-0.25, -0.2) is 5.43 Å². The molecule has 30 heavy (non-hydrogen) atoms. The summed E-state index contributed by atoms with van der Waals surface area (Å²) in [5.74, 6) is 1.01. The largest absolute Gasteiger partial charge is 0.493 e. The average Bonchev–Trinajstić information content (AvgIpc) is 2.73. The third-order valence-corrected chi connectivity index (χ3v) is 5.54. The number of halogens is 2. The number of nitrogens with zero attached hydrogens (tertiary/aromatic N) is 1. The van der Waals surface area contributed by atoms with Crippen molar-refractivity contribution in [2.45, 2.75) is 13.5 Å². The molecule has 1 amide bonds. The number of hydrazone groups is 1. The van der Waals surface area contributed by atoms with Crippen molar-refractivity contribution in [3.05, 3.63) is 91.0 Å². The number of benzene rings is 3. The molecule has 0 spiro atoms. The predicted octanol–water partition coefficient (Wildman–Crippen LogP) is 5.71. The number of carbonyl (C=O) groups excluding carboxylic acids is 1. The number of amides is 1. The first-order valence-electron chi connectivity index (χ1n) is 9.11. The molecule has 0 radical (unpaired) electrons. The van der Waals surface area contributed by atoms with E-state index in [2.05, 4.69) is 49.0 Å². The van der Waals surface area contributed by atoms with Gasteiger partial charge in [-0.05, 0) is 77.0 Å². The first-order valence-corrected chi connectivity index (χ1v) is 11.0. The summed E-state index contributed by atoms with van der Waals surface area (Å²) in [6, 6.07) is 19.0. The van der Waals surface area contributed by atoms with E-state index in [-0.39, 0.29) is 5.91 Å². The molecule has 0 atom stereocenters. The van der Waals surface area contributed by atoms with Crippen molar-refractivity contribution < 1.29 is 14.3 Å². The second-order valence-corrected chi connectivity index (χ2v) is 8.60. The zero-order valence-corrected chi connectivity index (χ0v) is 20.2. The van der Waals surface area contributed by atoms with E-state index < -0.39 is 0 Å². The Hall–Kier alpha value is -2.39. The fourth-order valence-corrected chi connectivity index (χ4v) is 3.75. The van der Waals surface area contributed by atoms with Gasteiger partial charge in [0.1, 0.15) is 6.61 Å². The second kappa shape index (κ2) is 10.6. The molecule has 0 saturated carbocycles. The summed E-state index contributed by atoms with van der Waals surface area (Å²) in [6.07, 6.45) is 1.58. The topological polar surface area (TPSA) is 59.9 Å². The maximum Gasteiger partial charge on any atom is 0.271 e. The molecule has 0 bridgehead atoms. The molecular formula is C23H20BrIN2O3. The summed E-state index contributed by atoms with van der Waals surface area (Å²) in [5.41, 5.74) is 5.98. The van der Waals surface area contributed by atoms with Crippen molar-refractivity contribution in [2.75, 3.05) is 7.11 Å². The Morgan fingerprint density at radius 3 is 2.63 bits per heavy atom. The van der Waals surface area contributed by atoms with Crippen molar-refractivity contribution in [3.8, 4) is 11.5 Å². The van der Waals surface area contributed by atoms with Crippen LogP contribution in [0, 0.1) is 10.5 Å². The van der Waals surface area contributed by atoms with Crippen molar-refractivity contribution in [2.24, 2.45) is 5.10 Å². The molecule has 0 unspecified atom stereocenters. The van der Waals surface area contributed by atoms with Crippen LogP contribution < -0.4 is 14.9 Å². The van der Waals surface area contributed by atoms with Gasteiger partial charge in [-0.2, -0.15) is 5.10 Å². The number of hydrogen-bond donors (Lipinski definition) is 1. The Balaban J connectivity index is 1.69. The molecule has 1 N–H and O–H groups in total. The molecule has 0 saturated heterocycles. The normalized spacial score (nSPS) is 10.8. The smallest absolute Gasteiger partial charge is 0.271 e. The first-order chi connectivity index (χ1) is 14.5. The Labute approximate surface area is 197 Å². The number of rotatable bonds is 7. The lowest BCUT2D eigenvalue weighted by atomic mass is 10.1. The van der Waals surface area contributed by atoms with Crippen molar-refractivity contribution >= 4 is 50.6 Å². The SMILES string of the molecule is COc1cc(/C=N\NC(=O)c2cccc(C)c2)cc(I)c1OCc1ccc(Br)cc1. The fraction of sp³-hybridized carbons (Fsp3) is 0.130. The van der Waals surface area contributed by atoms with E-state index in [0.29, 0.717) is 23.7 Å². The van der Waals surface area contributed by atoms with Crippen LogP contribution in [0.25, 0.3) is 0 Å². The molecule has 154 valence electrons. The summed E-state index contributed by atoms with van der Waals surface area (Å²) in [7, 11) is 1.60. The molecule has 3 aromatic rings. The van der Waals surface area contributed by atoms with Gasteiger partial charge in [0.25, 0.3) is 5.91 Å². The molecule has 0 aliphatic carbocycles. The highest BCUT2D eigenvalue weighted by atomic mass is 127. The van der Waals surface area contributed by atoms with Crippen molar-refractivity contribution in [3.63, 3.8) is 0 Å². The Morgan fingerprint density at radius 1 is 1.17 bits per heavy atom. The maximum absolute atomic E-state index is 12.2. The van der Waals surface area contributed by atoms with E-state index in [0.717, 1.165) is 24.7 Å². The van der Waals surface area contributed by atoms with E-state index in [4.69, 9.17) is 9.47 Å². The lowest BCUT2D eigenvalue weighted by Crippen LogP contribution is -2.17. The highest BCUT2D eigenvalue weighted by molar-refractivity contribution is 14.1. The highest BCUT2D eigenvalue weighted by Gasteiger charge is 2.12. The predicted molar refractivity (Wildman–Crippen MR) is 130 cm³/mol. The van der Waals surface area contributed by atoms with E-state index in [1.165, 1.54) is 0 Å². The van der Waals surface area contributed by atoms with Gasteiger partial charge in [0.05, 0.1) is 16.9 Å². The van der Waals surface area contributed by atoms with Crippen molar-refractivity contribution in [1.29, 1.82) is 0 Å². The van der Waals surface area contributed by atoms with Crippen LogP contribution in [0.2, 0.25) is 0 Å². The van der Waals surface area contributed by atoms with E-state index in [1.54, 1.807) is 19.4 Å². The number of carbonyl (C=O) groups is 1. The standard InChI is InChI=1S/C23H20BrIN2O3/c1-15-4-3-5-18(10-15)23(28)27-26-13-17-11-20(25)22(21(12-17)29-2)30-14-16-6-8-19(24)9-7-16/h3-13H,14H2,1-2H3,(H,27,28)/b26-13-. The summed E-state index contributed by atoms with van der Waals surface area (Å²) in [4.78, 5) is 12.2. The summed E-state index contributed by atoms with van der Waals surface area (Å²) in [6.45, 7) is 2.37. The van der Waals surface area contributed by atoms with Gasteiger partial charge in [0, 0.05) is 10.0 Å². The minimum Gasteiger partial charge on any atom is -0.493 e. The van der Waals surface area contributed by atoms with Crippen LogP contribution >= 0.6 is 38.5 Å². The Morgan fingerprint density at radius 2 is 1.93 bits per heavy atom. The lowest BCUT2D eigenvalue weighted by molar-refractivity contribution is 0.0955. The van der Waals surface area contributed by atoms with Crippen LogP contribution in [0.1, 0.15) is 27.0 Å². The monoisotopic (exact) mass is 578 g/mol. The van der Waals surface area contributed by atoms with Crippen LogP contribution in [0.3, 0.4) is 0 Å². The zero-order chi connectivity index (χ0) is 21.5. The number of hydrogen-bond acceptors (Lipinski definition) is 4. The Kier molecular flexibility index (Phi) is 7.87. The molecule has 0 heterocycles. The molecule has 5 nitrogen and oxygen atoms in total. The van der Waals surface area contributed by atoms with Gasteiger partial charge in [0.15, 0.2) is 11.5 Å². The number of aryl methyl sites for hydroxylation is 1. The molecule has 7 heteroatoms. The Bertz CT molecular complexity index is 1070. The molecule has 3 rings (SSSR count). The molecule has 0 fully saturated rings. The quantitative estimate of drug-likeness (QED) is 0.222. The molecule has 3 aromatic carbocycles. The molecule has 0 aliphatic heterocycles. The molecule has 0 aromatic heterocycles. The zero-order valence-electron chi connectivity index (χ0n) is 16.5. The number of ether oxygens (including phenoxy) is 2. The van der Waals surface area contributed by atoms with Gasteiger partial charge in [0.2, 0.25) is 0 Å². The molecule has 0 aliphatic rings. The number of methoxy groups -OCH3 is 1. The first kappa shape index (κ1) is 22.3. The summed E-state index contributed by atoms with van der Waals surface area (Å²) >= 11 is 5.63. The van der Waals surface area contributed by atoms with Crippen LogP contribution in [-0.4, -0.2) is 19.2 Å². The van der Waals surface area contributed by atoms with Crippen LogP contribution in [0.5, 0.6) is 11.5 Å². The summed E-state index contributed by atoms with van der Waals surface area (Å²) < 4.78 is 13.4. The van der Waals surface area contributed by atoms with E-state index in [1.807, 2.05) is 61.5 Å². The van der Waals surface area contributed by atoms with Gasteiger partial charge < -0.3 is 9.47 Å². The second-order valence-electron chi connectivity index (χ2n) is 6.52. The van der Waals surface area contributed by atoms with Crippen LogP contribution in [0.4, 0.5) is 0 Å². The van der Waals surface area contributed by atoms with Gasteiger partial charge >= 0.3 is 0 Å². The van der Waals surface area contributed by atoms with Gasteiger partial charge in [-0.1, -0.05) is 45.8 Å². The van der Waals surface area contributed by atoms with E-state index >= 15 is 0 Å². The van der Waals surface area contributed by atoms with Crippen LogP contribution in [-0.2, 0) is 6.61 Å². The summed E-state index contributed by atoms with van der Waals surface area (Å²) in [5, 5.41) is 4.07. The van der Waals surface area contributed by atoms with Crippen molar-refractivity contribution in [1.82, 2.24) is 5.43 Å². The van der Waals surface area contributed by atoms with Crippen LogP contribution in [0.15, 0.2) is 70.2 Å². The number of nitrogens with one attached hydrogen (secondary N) is 1. The third-order valence-electron chi connectivity index (χ3n) is 4.21. The fourth-order valence-electron chi connectivity index (χ4n) is 2.71. The van der Waals surface area contributed by atoms with Gasteiger partial charge in [-0.3, -0.25) is 4.79 Å². The lowest BCUT2D eigenvalue weighted by Gasteiger charge is -2.13. The average molecular weight is 579 g/mol. The van der Waals surface area contributed by atoms with Gasteiger partial charge in [-0.15, -0.1) is 0 Å². The molecular weight excluding hydrogens is 559 g/mol. The minimum absolute atomic E-state index is 0.258. The minimum atomic E-state index is -0.258. The third kappa shape index (κ3) is 6.06. The maximum atomic E-state index is 12.2.